The van der Waals surface area contributed by atoms with Gasteiger partial charge in [0.25, 0.3) is 11.7 Å². The molecule has 1 aliphatic heterocycles. The van der Waals surface area contributed by atoms with Crippen molar-refractivity contribution in [2.45, 2.75) is 18.9 Å². The molecule has 112 valence electrons. The lowest BCUT2D eigenvalue weighted by Gasteiger charge is -2.34. The van der Waals surface area contributed by atoms with E-state index in [9.17, 15) is 10.1 Å². The first-order chi connectivity index (χ1) is 10.0. The van der Waals surface area contributed by atoms with Crippen LogP contribution in [0.3, 0.4) is 0 Å². The van der Waals surface area contributed by atoms with Gasteiger partial charge in [-0.1, -0.05) is 0 Å². The zero-order valence-electron chi connectivity index (χ0n) is 12.2. The number of oxazole rings is 1. The van der Waals surface area contributed by atoms with Gasteiger partial charge in [0, 0.05) is 25.2 Å². The van der Waals surface area contributed by atoms with Gasteiger partial charge in [-0.3, -0.25) is 10.1 Å². The number of anilines is 1. The molecule has 0 unspecified atom stereocenters. The molecule has 21 heavy (non-hydrogen) atoms. The topological polar surface area (TPSA) is 75.7 Å². The van der Waals surface area contributed by atoms with Crippen LogP contribution in [0.1, 0.15) is 12.8 Å². The molecule has 2 aromatic rings. The van der Waals surface area contributed by atoms with E-state index in [1.54, 1.807) is 6.07 Å². The number of hydrogen-bond acceptors (Lipinski definition) is 6. The number of likely N-dealkylation sites (tertiary alicyclic amines) is 1. The molecule has 1 aromatic carbocycles. The number of nitro benzene ring substituents is 1. The summed E-state index contributed by atoms with van der Waals surface area (Å²) in [7, 11) is 4.09. The Morgan fingerprint density at radius 2 is 2.14 bits per heavy atom. The minimum absolute atomic E-state index is 0.0318. The summed E-state index contributed by atoms with van der Waals surface area (Å²) in [6, 6.07) is 5.41. The van der Waals surface area contributed by atoms with Gasteiger partial charge in [-0.05, 0) is 39.0 Å². The molecule has 0 bridgehead atoms. The molecule has 7 nitrogen and oxygen atoms in total. The van der Waals surface area contributed by atoms with E-state index >= 15 is 0 Å². The number of non-ortho nitro benzene ring substituents is 1. The van der Waals surface area contributed by atoms with Crippen LogP contribution in [-0.4, -0.2) is 48.0 Å². The Bertz CT molecular complexity index is 661. The molecule has 0 amide bonds. The second-order valence-electron chi connectivity index (χ2n) is 5.55. The van der Waals surface area contributed by atoms with Crippen molar-refractivity contribution >= 4 is 22.8 Å². The van der Waals surface area contributed by atoms with Gasteiger partial charge in [0.15, 0.2) is 5.58 Å². The van der Waals surface area contributed by atoms with Gasteiger partial charge < -0.3 is 14.2 Å². The van der Waals surface area contributed by atoms with Crippen LogP contribution in [0, 0.1) is 10.1 Å². The quantitative estimate of drug-likeness (QED) is 0.637. The molecule has 1 aromatic heterocycles. The highest BCUT2D eigenvalue weighted by atomic mass is 16.6. The summed E-state index contributed by atoms with van der Waals surface area (Å²) in [4.78, 5) is 19.1. The highest BCUT2D eigenvalue weighted by molar-refractivity contribution is 5.77. The van der Waals surface area contributed by atoms with Gasteiger partial charge >= 0.3 is 0 Å². The predicted octanol–water partition coefficient (Wildman–Crippen LogP) is 2.27. The molecule has 3 rings (SSSR count). The van der Waals surface area contributed by atoms with E-state index in [2.05, 4.69) is 16.9 Å². The molecule has 0 atom stereocenters. The minimum atomic E-state index is -0.422. The third-order valence-corrected chi connectivity index (χ3v) is 4.11. The summed E-state index contributed by atoms with van der Waals surface area (Å²) in [6.07, 6.45) is 2.12. The maximum absolute atomic E-state index is 10.8. The highest BCUT2D eigenvalue weighted by Gasteiger charge is 2.24. The predicted molar refractivity (Wildman–Crippen MR) is 79.6 cm³/mol. The average Bonchev–Trinajstić information content (AvgIpc) is 2.90. The van der Waals surface area contributed by atoms with Crippen LogP contribution < -0.4 is 4.90 Å². The van der Waals surface area contributed by atoms with E-state index in [-0.39, 0.29) is 5.69 Å². The molecule has 2 heterocycles. The smallest absolute Gasteiger partial charge is 0.298 e. The van der Waals surface area contributed by atoms with E-state index < -0.39 is 4.92 Å². The lowest BCUT2D eigenvalue weighted by atomic mass is 10.0. The van der Waals surface area contributed by atoms with Crippen LogP contribution in [0.5, 0.6) is 0 Å². The molecular formula is C14H18N4O3. The monoisotopic (exact) mass is 290 g/mol. The normalized spacial score (nSPS) is 17.2. The van der Waals surface area contributed by atoms with E-state index in [4.69, 9.17) is 4.42 Å². The number of fused-ring (bicyclic) bond motifs is 1. The third-order valence-electron chi connectivity index (χ3n) is 4.11. The lowest BCUT2D eigenvalue weighted by molar-refractivity contribution is -0.384. The second-order valence-corrected chi connectivity index (χ2v) is 5.55. The highest BCUT2D eigenvalue weighted by Crippen LogP contribution is 2.27. The molecule has 7 heteroatoms. The number of rotatable bonds is 3. The molecule has 1 fully saturated rings. The number of hydrogen-bond donors (Lipinski definition) is 0. The molecule has 0 N–H and O–H groups in total. The molecule has 0 radical (unpaired) electrons. The van der Waals surface area contributed by atoms with Gasteiger partial charge in [0.05, 0.1) is 4.92 Å². The number of benzene rings is 1. The first-order valence-corrected chi connectivity index (χ1v) is 7.01. The minimum Gasteiger partial charge on any atom is -0.423 e. The Labute approximate surface area is 122 Å². The number of nitro groups is 1. The fraction of sp³-hybridized carbons (Fsp3) is 0.500. The van der Waals surface area contributed by atoms with Crippen molar-refractivity contribution in [3.63, 3.8) is 0 Å². The summed E-state index contributed by atoms with van der Waals surface area (Å²) in [5, 5.41) is 10.8. The van der Waals surface area contributed by atoms with Crippen LogP contribution in [0.4, 0.5) is 11.7 Å². The third kappa shape index (κ3) is 2.69. The molecule has 0 aliphatic carbocycles. The van der Waals surface area contributed by atoms with Crippen LogP contribution in [0.15, 0.2) is 22.6 Å². The molecule has 0 spiro atoms. The van der Waals surface area contributed by atoms with Crippen molar-refractivity contribution in [1.82, 2.24) is 9.88 Å². The van der Waals surface area contributed by atoms with Gasteiger partial charge in [-0.15, -0.1) is 0 Å². The van der Waals surface area contributed by atoms with Crippen molar-refractivity contribution < 1.29 is 9.34 Å². The zero-order chi connectivity index (χ0) is 15.0. The second kappa shape index (κ2) is 5.33. The van der Waals surface area contributed by atoms with Gasteiger partial charge in [-0.25, -0.2) is 0 Å². The van der Waals surface area contributed by atoms with Crippen molar-refractivity contribution in [3.8, 4) is 0 Å². The Kier molecular flexibility index (Phi) is 3.50. The fourth-order valence-corrected chi connectivity index (χ4v) is 2.71. The maximum atomic E-state index is 10.8. The van der Waals surface area contributed by atoms with Crippen molar-refractivity contribution in [2.24, 2.45) is 0 Å². The first-order valence-electron chi connectivity index (χ1n) is 7.01. The molecule has 0 saturated carbocycles. The summed E-state index contributed by atoms with van der Waals surface area (Å²) in [5.41, 5.74) is 1.14. The Morgan fingerprint density at radius 3 is 2.81 bits per heavy atom. The van der Waals surface area contributed by atoms with E-state index in [1.807, 2.05) is 11.9 Å². The van der Waals surface area contributed by atoms with E-state index in [1.165, 1.54) is 12.1 Å². The summed E-state index contributed by atoms with van der Waals surface area (Å²) in [6.45, 7) is 2.11. The SMILES string of the molecule is CN1CCC(N(C)c2nc3cc([N+](=O)[O-])ccc3o2)CC1. The average molecular weight is 290 g/mol. The van der Waals surface area contributed by atoms with Gasteiger partial charge in [0.1, 0.15) is 5.52 Å². The van der Waals surface area contributed by atoms with Gasteiger partial charge in [0.2, 0.25) is 0 Å². The molecule has 1 saturated heterocycles. The van der Waals surface area contributed by atoms with Crippen LogP contribution in [0.2, 0.25) is 0 Å². The van der Waals surface area contributed by atoms with Gasteiger partial charge in [-0.2, -0.15) is 4.98 Å². The Morgan fingerprint density at radius 1 is 1.43 bits per heavy atom. The fourth-order valence-electron chi connectivity index (χ4n) is 2.71. The van der Waals surface area contributed by atoms with Crippen molar-refractivity contribution in [2.75, 3.05) is 32.1 Å². The standard InChI is InChI=1S/C14H18N4O3/c1-16-7-5-10(6-8-16)17(2)14-15-12-9-11(18(19)20)3-4-13(12)21-14/h3-4,9-10H,5-8H2,1-2H3. The number of aromatic nitrogens is 1. The Hall–Kier alpha value is -2.15. The zero-order valence-corrected chi connectivity index (χ0v) is 12.2. The lowest BCUT2D eigenvalue weighted by Crippen LogP contribution is -2.42. The summed E-state index contributed by atoms with van der Waals surface area (Å²) >= 11 is 0. The van der Waals surface area contributed by atoms with Crippen molar-refractivity contribution in [1.29, 1.82) is 0 Å². The summed E-state index contributed by atoms with van der Waals surface area (Å²) < 4.78 is 5.72. The molecule has 1 aliphatic rings. The van der Waals surface area contributed by atoms with Crippen LogP contribution in [0.25, 0.3) is 11.1 Å². The van der Waals surface area contributed by atoms with Crippen molar-refractivity contribution in [3.05, 3.63) is 28.3 Å². The summed E-state index contributed by atoms with van der Waals surface area (Å²) in [5.74, 6) is 0. The van der Waals surface area contributed by atoms with Crippen LogP contribution >= 0.6 is 0 Å². The Balaban J connectivity index is 1.85. The number of nitrogens with zero attached hydrogens (tertiary/aromatic N) is 4. The van der Waals surface area contributed by atoms with E-state index in [0.29, 0.717) is 23.2 Å². The number of piperidine rings is 1. The molecular weight excluding hydrogens is 272 g/mol. The van der Waals surface area contributed by atoms with E-state index in [0.717, 1.165) is 25.9 Å². The first kappa shape index (κ1) is 13.8. The maximum Gasteiger partial charge on any atom is 0.298 e. The largest absolute Gasteiger partial charge is 0.423 e. The van der Waals surface area contributed by atoms with Crippen LogP contribution in [-0.2, 0) is 0 Å².